The summed E-state index contributed by atoms with van der Waals surface area (Å²) in [7, 11) is 1.65. The van der Waals surface area contributed by atoms with Crippen LogP contribution < -0.4 is 5.32 Å². The highest BCUT2D eigenvalue weighted by Gasteiger charge is 2.28. The predicted octanol–water partition coefficient (Wildman–Crippen LogP) is 4.99. The zero-order valence-electron chi connectivity index (χ0n) is 15.7. The van der Waals surface area contributed by atoms with Crippen molar-refractivity contribution >= 4 is 28.6 Å². The van der Waals surface area contributed by atoms with Gasteiger partial charge in [-0.1, -0.05) is 19.9 Å². The molecular weight excluding hydrogens is 385 g/mol. The van der Waals surface area contributed by atoms with Gasteiger partial charge in [0, 0.05) is 25.2 Å². The average molecular weight is 410 g/mol. The maximum atomic E-state index is 13.2. The molecule has 2 unspecified atom stereocenters. The van der Waals surface area contributed by atoms with Gasteiger partial charge in [0.25, 0.3) is 5.91 Å². The molecule has 27 heavy (non-hydrogen) atoms. The van der Waals surface area contributed by atoms with Crippen molar-refractivity contribution in [3.8, 4) is 10.0 Å². The Kier molecular flexibility index (Phi) is 6.73. The van der Waals surface area contributed by atoms with Gasteiger partial charge in [-0.05, 0) is 31.1 Å². The van der Waals surface area contributed by atoms with E-state index >= 15 is 0 Å². The van der Waals surface area contributed by atoms with Crippen LogP contribution in [0, 0.1) is 11.8 Å². The van der Waals surface area contributed by atoms with E-state index in [0.29, 0.717) is 25.1 Å². The van der Waals surface area contributed by atoms with Crippen molar-refractivity contribution in [2.45, 2.75) is 39.2 Å². The number of halogens is 1. The number of carbonyl (C=O) groups excluding carboxylic acids is 1. The molecule has 2 atom stereocenters. The molecule has 8 heteroatoms. The van der Waals surface area contributed by atoms with Crippen LogP contribution in [0.2, 0.25) is 0 Å². The molecule has 0 radical (unpaired) electrons. The van der Waals surface area contributed by atoms with Gasteiger partial charge in [0.15, 0.2) is 10.0 Å². The third kappa shape index (κ3) is 4.80. The molecule has 146 valence electrons. The van der Waals surface area contributed by atoms with E-state index in [2.05, 4.69) is 29.1 Å². The molecule has 2 aromatic rings. The number of amides is 1. The normalized spacial score (nSPS) is 18.4. The lowest BCUT2D eigenvalue weighted by molar-refractivity contribution is 0.0655. The van der Waals surface area contributed by atoms with Gasteiger partial charge in [-0.25, -0.2) is 14.4 Å². The monoisotopic (exact) mass is 409 g/mol. The molecule has 0 aromatic carbocycles. The lowest BCUT2D eigenvalue weighted by Crippen LogP contribution is -2.31. The summed E-state index contributed by atoms with van der Waals surface area (Å²) in [4.78, 5) is 22.6. The molecule has 1 amide bonds. The predicted molar refractivity (Wildman–Crippen MR) is 107 cm³/mol. The van der Waals surface area contributed by atoms with Crippen molar-refractivity contribution in [3.63, 3.8) is 0 Å². The summed E-state index contributed by atoms with van der Waals surface area (Å²) < 4.78 is 18.8. The van der Waals surface area contributed by atoms with E-state index in [1.54, 1.807) is 19.4 Å². The second-order valence-corrected chi connectivity index (χ2v) is 8.90. The smallest absolute Gasteiger partial charge is 0.271 e. The summed E-state index contributed by atoms with van der Waals surface area (Å²) in [6, 6.07) is 0. The SMILES string of the molecule is COC(c1sc(-c2nccs2)nc1C(=O)NCC1CC=C(F)CC1)C(C)C. The number of carbonyl (C=O) groups is 1. The van der Waals surface area contributed by atoms with Gasteiger partial charge in [-0.15, -0.1) is 22.7 Å². The third-order valence-electron chi connectivity index (χ3n) is 4.62. The number of thiazole rings is 2. The number of nitrogens with zero attached hydrogens (tertiary/aromatic N) is 2. The summed E-state index contributed by atoms with van der Waals surface area (Å²) in [6.45, 7) is 4.63. The molecular formula is C19H24FN3O2S2. The molecule has 3 rings (SSSR count). The van der Waals surface area contributed by atoms with E-state index in [9.17, 15) is 9.18 Å². The molecule has 5 nitrogen and oxygen atoms in total. The van der Waals surface area contributed by atoms with Crippen LogP contribution in [0.15, 0.2) is 23.5 Å². The van der Waals surface area contributed by atoms with E-state index < -0.39 is 0 Å². The Morgan fingerprint density at radius 3 is 2.85 bits per heavy atom. The van der Waals surface area contributed by atoms with E-state index in [1.807, 2.05) is 5.38 Å². The van der Waals surface area contributed by atoms with Crippen LogP contribution in [-0.4, -0.2) is 29.5 Å². The topological polar surface area (TPSA) is 64.1 Å². The summed E-state index contributed by atoms with van der Waals surface area (Å²) >= 11 is 2.96. The Bertz CT molecular complexity index is 802. The van der Waals surface area contributed by atoms with Crippen molar-refractivity contribution < 1.29 is 13.9 Å². The fraction of sp³-hybridized carbons (Fsp3) is 0.526. The standard InChI is InChI=1S/C19H24FN3O2S2/c1-11(2)15(25-3)16-14(23-19(27-16)18-21-8-9-26-18)17(24)22-10-12-4-6-13(20)7-5-12/h6,8-9,11-12,15H,4-5,7,10H2,1-3H3,(H,22,24). The van der Waals surface area contributed by atoms with Crippen molar-refractivity contribution in [2.24, 2.45) is 11.8 Å². The lowest BCUT2D eigenvalue weighted by atomic mass is 9.94. The van der Waals surface area contributed by atoms with Crippen molar-refractivity contribution in [1.82, 2.24) is 15.3 Å². The van der Waals surface area contributed by atoms with Crippen molar-refractivity contribution in [3.05, 3.63) is 34.1 Å². The van der Waals surface area contributed by atoms with E-state index in [-0.39, 0.29) is 29.7 Å². The number of hydrogen-bond acceptors (Lipinski definition) is 6. The van der Waals surface area contributed by atoms with E-state index in [0.717, 1.165) is 21.3 Å². The number of ether oxygens (including phenoxy) is 1. The molecule has 2 aromatic heterocycles. The molecule has 0 saturated heterocycles. The Morgan fingerprint density at radius 2 is 2.26 bits per heavy atom. The second kappa shape index (κ2) is 9.03. The highest BCUT2D eigenvalue weighted by molar-refractivity contribution is 7.20. The van der Waals surface area contributed by atoms with Crippen LogP contribution >= 0.6 is 22.7 Å². The third-order valence-corrected chi connectivity index (χ3v) is 6.65. The van der Waals surface area contributed by atoms with Crippen LogP contribution in [0.25, 0.3) is 10.0 Å². The first kappa shape index (κ1) is 20.1. The molecule has 2 heterocycles. The fourth-order valence-electron chi connectivity index (χ4n) is 3.15. The van der Waals surface area contributed by atoms with Crippen LogP contribution in [0.1, 0.15) is 54.6 Å². The molecule has 0 spiro atoms. The van der Waals surface area contributed by atoms with Gasteiger partial charge in [0.1, 0.15) is 5.69 Å². The lowest BCUT2D eigenvalue weighted by Gasteiger charge is -2.20. The number of allylic oxidation sites excluding steroid dienone is 2. The van der Waals surface area contributed by atoms with Gasteiger partial charge in [0.05, 0.1) is 16.8 Å². The fourth-order valence-corrected chi connectivity index (χ4v) is 5.15. The summed E-state index contributed by atoms with van der Waals surface area (Å²) in [5.41, 5.74) is 0.406. The van der Waals surface area contributed by atoms with Crippen molar-refractivity contribution in [1.29, 1.82) is 0 Å². The van der Waals surface area contributed by atoms with E-state index in [4.69, 9.17) is 4.74 Å². The summed E-state index contributed by atoms with van der Waals surface area (Å²) in [5.74, 6) is 0.212. The number of nitrogens with one attached hydrogen (secondary N) is 1. The van der Waals surface area contributed by atoms with Gasteiger partial charge in [-0.3, -0.25) is 4.79 Å². The Hall–Kier alpha value is -1.64. The second-order valence-electron chi connectivity index (χ2n) is 6.97. The first-order valence-corrected chi connectivity index (χ1v) is 10.7. The number of methoxy groups -OCH3 is 1. The molecule has 0 aliphatic heterocycles. The van der Waals surface area contributed by atoms with Crippen molar-refractivity contribution in [2.75, 3.05) is 13.7 Å². The van der Waals surface area contributed by atoms with Crippen LogP contribution in [0.3, 0.4) is 0 Å². The highest BCUT2D eigenvalue weighted by Crippen LogP contribution is 2.37. The quantitative estimate of drug-likeness (QED) is 0.699. The maximum Gasteiger partial charge on any atom is 0.271 e. The molecule has 0 saturated carbocycles. The first-order valence-electron chi connectivity index (χ1n) is 9.05. The maximum absolute atomic E-state index is 13.2. The summed E-state index contributed by atoms with van der Waals surface area (Å²) in [6.07, 6.45) is 5.01. The first-order chi connectivity index (χ1) is 13.0. The largest absolute Gasteiger partial charge is 0.376 e. The van der Waals surface area contributed by atoms with Gasteiger partial charge >= 0.3 is 0 Å². The Labute approximate surface area is 166 Å². The minimum Gasteiger partial charge on any atom is -0.376 e. The van der Waals surface area contributed by atoms with Gasteiger partial charge in [0.2, 0.25) is 0 Å². The Morgan fingerprint density at radius 1 is 1.44 bits per heavy atom. The van der Waals surface area contributed by atoms with Gasteiger partial charge in [-0.2, -0.15) is 0 Å². The van der Waals surface area contributed by atoms with E-state index in [1.165, 1.54) is 22.7 Å². The molecule has 1 aliphatic carbocycles. The number of hydrogen-bond donors (Lipinski definition) is 1. The molecule has 0 fully saturated rings. The number of aromatic nitrogens is 2. The molecule has 1 N–H and O–H groups in total. The summed E-state index contributed by atoms with van der Waals surface area (Å²) in [5, 5.41) is 6.40. The molecule has 1 aliphatic rings. The number of rotatable bonds is 7. The minimum absolute atomic E-state index is 0.0488. The Balaban J connectivity index is 1.80. The zero-order valence-corrected chi connectivity index (χ0v) is 17.3. The van der Waals surface area contributed by atoms with Crippen LogP contribution in [0.4, 0.5) is 4.39 Å². The van der Waals surface area contributed by atoms with Gasteiger partial charge < -0.3 is 10.1 Å². The molecule has 0 bridgehead atoms. The average Bonchev–Trinajstić information content (AvgIpc) is 3.31. The van der Waals surface area contributed by atoms with Crippen LogP contribution in [0.5, 0.6) is 0 Å². The minimum atomic E-state index is -0.207. The zero-order chi connectivity index (χ0) is 19.4. The highest BCUT2D eigenvalue weighted by atomic mass is 32.1. The van der Waals surface area contributed by atoms with Crippen LogP contribution in [-0.2, 0) is 4.74 Å².